The van der Waals surface area contributed by atoms with Crippen molar-refractivity contribution in [1.82, 2.24) is 0 Å². The standard InChI is InChI=1S/C11H2F6N2O5/c12-10(13,14)2-1-3-4(7(20)8(21)9(22)18-3)5(11(15,16)17)6(2)19(23)24/h1H,(H,18,22). The number of hydrogen-bond donors (Lipinski definition) is 1. The third-order valence-electron chi connectivity index (χ3n) is 2.96. The lowest BCUT2D eigenvalue weighted by Gasteiger charge is -2.22. The summed E-state index contributed by atoms with van der Waals surface area (Å²) in [6, 6.07) is -0.190. The summed E-state index contributed by atoms with van der Waals surface area (Å²) >= 11 is 0. The molecule has 1 amide bonds. The number of fused-ring (bicyclic) bond motifs is 1. The number of nitrogens with one attached hydrogen (secondary N) is 1. The van der Waals surface area contributed by atoms with E-state index < -0.39 is 62.8 Å². The summed E-state index contributed by atoms with van der Waals surface area (Å²) in [7, 11) is 0. The van der Waals surface area contributed by atoms with Crippen molar-refractivity contribution in [2.24, 2.45) is 0 Å². The molecular weight excluding hydrogens is 354 g/mol. The van der Waals surface area contributed by atoms with Crippen LogP contribution < -0.4 is 5.32 Å². The lowest BCUT2D eigenvalue weighted by atomic mass is 9.90. The second-order valence-electron chi connectivity index (χ2n) is 4.44. The number of nitro groups is 1. The molecule has 7 nitrogen and oxygen atoms in total. The van der Waals surface area contributed by atoms with Crippen molar-refractivity contribution in [3.8, 4) is 0 Å². The van der Waals surface area contributed by atoms with Crippen molar-refractivity contribution >= 4 is 28.8 Å². The fraction of sp³-hybridized carbons (Fsp3) is 0.182. The highest BCUT2D eigenvalue weighted by atomic mass is 19.4. The van der Waals surface area contributed by atoms with Gasteiger partial charge in [-0.25, -0.2) is 0 Å². The molecule has 0 fully saturated rings. The summed E-state index contributed by atoms with van der Waals surface area (Å²) < 4.78 is 78.0. The van der Waals surface area contributed by atoms with Gasteiger partial charge >= 0.3 is 12.4 Å². The normalized spacial score (nSPS) is 15.2. The Bertz CT molecular complexity index is 811. The van der Waals surface area contributed by atoms with Gasteiger partial charge in [-0.1, -0.05) is 0 Å². The van der Waals surface area contributed by atoms with Gasteiger partial charge < -0.3 is 5.32 Å². The molecule has 0 spiro atoms. The Morgan fingerprint density at radius 3 is 1.92 bits per heavy atom. The SMILES string of the molecule is O=C1Nc2cc(C(F)(F)F)c([N+](=O)[O-])c(C(F)(F)F)c2C(=O)C1=O. The third-order valence-corrected chi connectivity index (χ3v) is 2.96. The van der Waals surface area contributed by atoms with Gasteiger partial charge in [0, 0.05) is 0 Å². The average molecular weight is 356 g/mol. The van der Waals surface area contributed by atoms with Gasteiger partial charge in [0.1, 0.15) is 11.1 Å². The van der Waals surface area contributed by atoms with Gasteiger partial charge in [0.2, 0.25) is 5.78 Å². The number of carbonyl (C=O) groups is 3. The van der Waals surface area contributed by atoms with Crippen molar-refractivity contribution in [2.75, 3.05) is 5.32 Å². The Labute approximate surface area is 126 Å². The van der Waals surface area contributed by atoms with Crippen LogP contribution in [0.25, 0.3) is 0 Å². The van der Waals surface area contributed by atoms with Crippen molar-refractivity contribution in [3.63, 3.8) is 0 Å². The molecule has 1 N–H and O–H groups in total. The number of ketones is 2. The fourth-order valence-corrected chi connectivity index (χ4v) is 2.08. The van der Waals surface area contributed by atoms with E-state index in [1.807, 2.05) is 0 Å². The lowest BCUT2D eigenvalue weighted by Crippen LogP contribution is -2.38. The predicted molar refractivity (Wildman–Crippen MR) is 61.1 cm³/mol. The number of halogens is 6. The minimum Gasteiger partial charge on any atom is -0.318 e. The lowest BCUT2D eigenvalue weighted by molar-refractivity contribution is -0.391. The number of benzene rings is 1. The molecule has 2 rings (SSSR count). The molecule has 0 saturated carbocycles. The van der Waals surface area contributed by atoms with Crippen LogP contribution in [0.15, 0.2) is 6.07 Å². The van der Waals surface area contributed by atoms with Crippen LogP contribution in [-0.2, 0) is 21.9 Å². The number of rotatable bonds is 1. The number of nitrogens with zero attached hydrogens (tertiary/aromatic N) is 1. The van der Waals surface area contributed by atoms with Crippen LogP contribution in [-0.4, -0.2) is 22.4 Å². The summed E-state index contributed by atoms with van der Waals surface area (Å²) in [5, 5.41) is 12.2. The van der Waals surface area contributed by atoms with E-state index in [1.165, 1.54) is 5.32 Å². The Hall–Kier alpha value is -2.99. The first-order valence-electron chi connectivity index (χ1n) is 5.66. The fourth-order valence-electron chi connectivity index (χ4n) is 2.08. The van der Waals surface area contributed by atoms with E-state index in [2.05, 4.69) is 0 Å². The first kappa shape index (κ1) is 17.4. The van der Waals surface area contributed by atoms with Crippen LogP contribution >= 0.6 is 0 Å². The molecule has 1 aliphatic rings. The maximum Gasteiger partial charge on any atom is 0.423 e. The molecule has 1 heterocycles. The highest BCUT2D eigenvalue weighted by molar-refractivity contribution is 6.71. The molecule has 0 saturated heterocycles. The van der Waals surface area contributed by atoms with E-state index in [0.29, 0.717) is 0 Å². The molecule has 128 valence electrons. The van der Waals surface area contributed by atoms with Crippen LogP contribution in [0.1, 0.15) is 21.5 Å². The van der Waals surface area contributed by atoms with Crippen LogP contribution in [0.2, 0.25) is 0 Å². The minimum atomic E-state index is -5.77. The van der Waals surface area contributed by atoms with E-state index in [9.17, 15) is 50.8 Å². The van der Waals surface area contributed by atoms with Gasteiger partial charge in [-0.05, 0) is 6.07 Å². The van der Waals surface area contributed by atoms with E-state index in [4.69, 9.17) is 0 Å². The zero-order chi connectivity index (χ0) is 18.6. The smallest absolute Gasteiger partial charge is 0.318 e. The zero-order valence-corrected chi connectivity index (χ0v) is 10.8. The second-order valence-corrected chi connectivity index (χ2v) is 4.44. The Morgan fingerprint density at radius 2 is 1.50 bits per heavy atom. The molecule has 24 heavy (non-hydrogen) atoms. The maximum absolute atomic E-state index is 13.1. The number of amides is 1. The Balaban J connectivity index is 3.06. The third kappa shape index (κ3) is 2.57. The molecule has 0 unspecified atom stereocenters. The molecule has 0 radical (unpaired) electrons. The molecule has 0 aliphatic carbocycles. The van der Waals surface area contributed by atoms with Crippen LogP contribution in [0.4, 0.5) is 37.7 Å². The molecule has 1 aliphatic heterocycles. The number of hydrogen-bond acceptors (Lipinski definition) is 5. The molecule has 0 aromatic heterocycles. The summed E-state index contributed by atoms with van der Waals surface area (Å²) in [6.07, 6.45) is -11.4. The van der Waals surface area contributed by atoms with Crippen LogP contribution in [0.3, 0.4) is 0 Å². The van der Waals surface area contributed by atoms with Gasteiger partial charge in [-0.15, -0.1) is 0 Å². The monoisotopic (exact) mass is 356 g/mol. The van der Waals surface area contributed by atoms with Crippen molar-refractivity contribution < 1.29 is 45.6 Å². The molecule has 1 aromatic carbocycles. The Morgan fingerprint density at radius 1 is 0.958 bits per heavy atom. The quantitative estimate of drug-likeness (QED) is 0.360. The number of carbonyl (C=O) groups excluding carboxylic acids is 3. The molecule has 0 bridgehead atoms. The number of nitro benzene ring substituents is 1. The van der Waals surface area contributed by atoms with Gasteiger partial charge in [0.05, 0.1) is 16.2 Å². The van der Waals surface area contributed by atoms with Gasteiger partial charge in [0.15, 0.2) is 0 Å². The first-order chi connectivity index (χ1) is 10.8. The average Bonchev–Trinajstić information content (AvgIpc) is 2.40. The molecule has 1 aromatic rings. The highest BCUT2D eigenvalue weighted by Crippen LogP contribution is 2.48. The molecular formula is C11H2F6N2O5. The maximum atomic E-state index is 13.1. The van der Waals surface area contributed by atoms with Gasteiger partial charge in [-0.3, -0.25) is 24.5 Å². The molecule has 13 heteroatoms. The van der Waals surface area contributed by atoms with E-state index >= 15 is 0 Å². The first-order valence-corrected chi connectivity index (χ1v) is 5.66. The summed E-state index contributed by atoms with van der Waals surface area (Å²) in [6.45, 7) is 0. The van der Waals surface area contributed by atoms with E-state index in [-0.39, 0.29) is 6.07 Å². The topological polar surface area (TPSA) is 106 Å². The van der Waals surface area contributed by atoms with Gasteiger partial charge in [-0.2, -0.15) is 26.3 Å². The van der Waals surface area contributed by atoms with E-state index in [0.717, 1.165) is 0 Å². The largest absolute Gasteiger partial charge is 0.423 e. The minimum absolute atomic E-state index is 0.190. The zero-order valence-electron chi connectivity index (χ0n) is 10.8. The number of anilines is 1. The van der Waals surface area contributed by atoms with Crippen LogP contribution in [0.5, 0.6) is 0 Å². The van der Waals surface area contributed by atoms with Crippen LogP contribution in [0, 0.1) is 10.1 Å². The summed E-state index contributed by atoms with van der Waals surface area (Å²) in [4.78, 5) is 42.8. The van der Waals surface area contributed by atoms with Crippen molar-refractivity contribution in [2.45, 2.75) is 12.4 Å². The highest BCUT2D eigenvalue weighted by Gasteiger charge is 2.52. The van der Waals surface area contributed by atoms with Gasteiger partial charge in [0.25, 0.3) is 17.4 Å². The van der Waals surface area contributed by atoms with E-state index in [1.54, 1.807) is 0 Å². The predicted octanol–water partition coefficient (Wildman–Crippen LogP) is 2.34. The number of alkyl halides is 6. The molecule has 0 atom stereocenters. The Kier molecular flexibility index (Phi) is 3.62. The number of Topliss-reactive ketones (excluding diaryl/α,β-unsaturated/α-hetero) is 2. The summed E-state index contributed by atoms with van der Waals surface area (Å²) in [5.74, 6) is -5.82. The van der Waals surface area contributed by atoms with Crippen molar-refractivity contribution in [1.29, 1.82) is 0 Å². The summed E-state index contributed by atoms with van der Waals surface area (Å²) in [5.41, 5.74) is -10.3. The van der Waals surface area contributed by atoms with Crippen molar-refractivity contribution in [3.05, 3.63) is 32.9 Å². The second kappa shape index (κ2) is 5.01.